The maximum atomic E-state index is 12.8. The van der Waals surface area contributed by atoms with Crippen LogP contribution in [0, 0.1) is 0 Å². The number of amides is 1. The fourth-order valence-corrected chi connectivity index (χ4v) is 5.50. The maximum absolute atomic E-state index is 12.8. The quantitative estimate of drug-likeness (QED) is 0.149. The molecule has 2 heterocycles. The SMILES string of the molecule is COc1ccc(CCN(Cc2ccc(OCc3ccccc3)cc2)Cc2nc(C(=O)NCc3ccncc3)cs2)cc1OC. The van der Waals surface area contributed by atoms with Crippen molar-refractivity contribution < 1.29 is 19.0 Å². The second-order valence-electron chi connectivity index (χ2n) is 10.2. The summed E-state index contributed by atoms with van der Waals surface area (Å²) in [5, 5.41) is 5.65. The van der Waals surface area contributed by atoms with Crippen molar-refractivity contribution >= 4 is 17.2 Å². The molecule has 3 aromatic carbocycles. The van der Waals surface area contributed by atoms with Gasteiger partial charge >= 0.3 is 0 Å². The molecule has 5 aromatic rings. The monoisotopic (exact) mass is 608 g/mol. The molecule has 0 aliphatic carbocycles. The molecule has 8 nitrogen and oxygen atoms in total. The van der Waals surface area contributed by atoms with Gasteiger partial charge in [-0.05, 0) is 65.1 Å². The van der Waals surface area contributed by atoms with Crippen molar-refractivity contribution in [2.45, 2.75) is 32.7 Å². The minimum absolute atomic E-state index is 0.188. The number of carbonyl (C=O) groups excluding carboxylic acids is 1. The van der Waals surface area contributed by atoms with E-state index in [-0.39, 0.29) is 5.91 Å². The molecular weight excluding hydrogens is 572 g/mol. The summed E-state index contributed by atoms with van der Waals surface area (Å²) in [7, 11) is 3.29. The zero-order valence-electron chi connectivity index (χ0n) is 24.9. The van der Waals surface area contributed by atoms with Crippen molar-refractivity contribution in [3.8, 4) is 17.2 Å². The second-order valence-corrected chi connectivity index (χ2v) is 11.2. The summed E-state index contributed by atoms with van der Waals surface area (Å²) in [6, 6.07) is 28.1. The molecule has 0 aliphatic rings. The minimum atomic E-state index is -0.188. The van der Waals surface area contributed by atoms with Crippen molar-refractivity contribution in [3.05, 3.63) is 136 Å². The Balaban J connectivity index is 1.24. The molecule has 0 spiro atoms. The molecule has 44 heavy (non-hydrogen) atoms. The van der Waals surface area contributed by atoms with Crippen LogP contribution in [-0.2, 0) is 32.7 Å². The van der Waals surface area contributed by atoms with E-state index in [9.17, 15) is 4.79 Å². The van der Waals surface area contributed by atoms with Crippen LogP contribution in [0.4, 0.5) is 0 Å². The van der Waals surface area contributed by atoms with E-state index < -0.39 is 0 Å². The average molecular weight is 609 g/mol. The fourth-order valence-electron chi connectivity index (χ4n) is 4.68. The molecule has 0 bridgehead atoms. The van der Waals surface area contributed by atoms with Crippen LogP contribution in [0.1, 0.15) is 37.7 Å². The number of nitrogens with zero attached hydrogens (tertiary/aromatic N) is 3. The summed E-state index contributed by atoms with van der Waals surface area (Å²) >= 11 is 1.50. The molecule has 0 atom stereocenters. The Morgan fingerprint density at radius 1 is 0.818 bits per heavy atom. The van der Waals surface area contributed by atoms with Crippen LogP contribution in [-0.4, -0.2) is 41.5 Å². The molecule has 226 valence electrons. The molecule has 9 heteroatoms. The van der Waals surface area contributed by atoms with E-state index in [1.54, 1.807) is 26.6 Å². The molecule has 0 saturated carbocycles. The summed E-state index contributed by atoms with van der Waals surface area (Å²) < 4.78 is 16.9. The molecule has 0 fully saturated rings. The van der Waals surface area contributed by atoms with Gasteiger partial charge in [-0.2, -0.15) is 0 Å². The van der Waals surface area contributed by atoms with Gasteiger partial charge in [0.15, 0.2) is 11.5 Å². The van der Waals surface area contributed by atoms with E-state index in [0.717, 1.165) is 52.5 Å². The number of ether oxygens (including phenoxy) is 3. The van der Waals surface area contributed by atoms with Crippen LogP contribution < -0.4 is 19.5 Å². The first-order chi connectivity index (χ1) is 21.6. The highest BCUT2D eigenvalue weighted by Crippen LogP contribution is 2.28. The van der Waals surface area contributed by atoms with E-state index in [2.05, 4.69) is 50.5 Å². The Morgan fingerprint density at radius 3 is 2.32 bits per heavy atom. The molecule has 0 unspecified atom stereocenters. The predicted octanol–water partition coefficient (Wildman–Crippen LogP) is 6.31. The van der Waals surface area contributed by atoms with E-state index in [0.29, 0.717) is 36.9 Å². The topological polar surface area (TPSA) is 85.8 Å². The summed E-state index contributed by atoms with van der Waals surface area (Å²) in [4.78, 5) is 23.8. The zero-order chi connectivity index (χ0) is 30.6. The lowest BCUT2D eigenvalue weighted by Gasteiger charge is -2.22. The fraction of sp³-hybridized carbons (Fsp3) is 0.229. The molecule has 0 saturated heterocycles. The smallest absolute Gasteiger partial charge is 0.271 e. The normalized spacial score (nSPS) is 10.9. The molecule has 1 amide bonds. The second kappa shape index (κ2) is 15.7. The molecule has 5 rings (SSSR count). The number of hydrogen-bond acceptors (Lipinski definition) is 8. The van der Waals surface area contributed by atoms with E-state index in [4.69, 9.17) is 14.2 Å². The van der Waals surface area contributed by atoms with Gasteiger partial charge in [-0.3, -0.25) is 14.7 Å². The molecule has 0 radical (unpaired) electrons. The van der Waals surface area contributed by atoms with Crippen molar-refractivity contribution in [3.63, 3.8) is 0 Å². The third-order valence-electron chi connectivity index (χ3n) is 7.09. The van der Waals surface area contributed by atoms with Gasteiger partial charge in [0.05, 0.1) is 20.8 Å². The maximum Gasteiger partial charge on any atom is 0.271 e. The molecule has 2 aromatic heterocycles. The Bertz CT molecular complexity index is 1610. The highest BCUT2D eigenvalue weighted by atomic mass is 32.1. The highest BCUT2D eigenvalue weighted by molar-refractivity contribution is 7.09. The Morgan fingerprint density at radius 2 is 1.57 bits per heavy atom. The number of pyridine rings is 1. The Labute approximate surface area is 262 Å². The van der Waals surface area contributed by atoms with Gasteiger partial charge in [-0.1, -0.05) is 48.5 Å². The third kappa shape index (κ3) is 8.89. The van der Waals surface area contributed by atoms with Gasteiger partial charge in [0.2, 0.25) is 0 Å². The van der Waals surface area contributed by atoms with Crippen molar-refractivity contribution in [2.75, 3.05) is 20.8 Å². The predicted molar refractivity (Wildman–Crippen MR) is 172 cm³/mol. The summed E-state index contributed by atoms with van der Waals surface area (Å²) in [6.45, 7) is 3.07. The lowest BCUT2D eigenvalue weighted by atomic mass is 10.1. The number of thiazole rings is 1. The van der Waals surface area contributed by atoms with E-state index in [1.807, 2.05) is 60.0 Å². The van der Waals surface area contributed by atoms with E-state index >= 15 is 0 Å². The lowest BCUT2D eigenvalue weighted by molar-refractivity contribution is 0.0946. The van der Waals surface area contributed by atoms with Crippen LogP contribution in [0.2, 0.25) is 0 Å². The number of rotatable bonds is 15. The number of hydrogen-bond donors (Lipinski definition) is 1. The van der Waals surface area contributed by atoms with Crippen molar-refractivity contribution in [2.24, 2.45) is 0 Å². The largest absolute Gasteiger partial charge is 0.493 e. The zero-order valence-corrected chi connectivity index (χ0v) is 25.8. The summed E-state index contributed by atoms with van der Waals surface area (Å²) in [6.07, 6.45) is 4.23. The van der Waals surface area contributed by atoms with Crippen LogP contribution >= 0.6 is 11.3 Å². The summed E-state index contributed by atoms with van der Waals surface area (Å²) in [5.74, 6) is 2.06. The first kappa shape index (κ1) is 30.7. The van der Waals surface area contributed by atoms with Gasteiger partial charge in [-0.15, -0.1) is 11.3 Å². The number of benzene rings is 3. The van der Waals surface area contributed by atoms with Crippen molar-refractivity contribution in [1.82, 2.24) is 20.2 Å². The third-order valence-corrected chi connectivity index (χ3v) is 7.92. The lowest BCUT2D eigenvalue weighted by Crippen LogP contribution is -2.26. The minimum Gasteiger partial charge on any atom is -0.493 e. The van der Waals surface area contributed by atoms with Crippen LogP contribution in [0.25, 0.3) is 0 Å². The number of methoxy groups -OCH3 is 2. The van der Waals surface area contributed by atoms with Gasteiger partial charge in [-0.25, -0.2) is 4.98 Å². The van der Waals surface area contributed by atoms with E-state index in [1.165, 1.54) is 11.3 Å². The van der Waals surface area contributed by atoms with Crippen LogP contribution in [0.3, 0.4) is 0 Å². The number of nitrogens with one attached hydrogen (secondary N) is 1. The standard InChI is InChI=1S/C35H36N4O4S/c1-41-32-13-10-26(20-33(32)42-2)16-19-39(22-28-8-11-30(12-9-28)43-24-29-6-4-3-5-7-29)23-34-38-31(25-44-34)35(40)37-21-27-14-17-36-18-15-27/h3-15,17-18,20,25H,16,19,21-24H2,1-2H3,(H,37,40). The van der Waals surface area contributed by atoms with Gasteiger partial charge in [0.25, 0.3) is 5.91 Å². The van der Waals surface area contributed by atoms with Crippen molar-refractivity contribution in [1.29, 1.82) is 0 Å². The number of carbonyl (C=O) groups is 1. The number of aromatic nitrogens is 2. The summed E-state index contributed by atoms with van der Waals surface area (Å²) in [5.41, 5.74) is 4.86. The van der Waals surface area contributed by atoms with Crippen LogP contribution in [0.5, 0.6) is 17.2 Å². The molecular formula is C35H36N4O4S. The van der Waals surface area contributed by atoms with Gasteiger partial charge < -0.3 is 19.5 Å². The Kier molecular flexibility index (Phi) is 10.9. The average Bonchev–Trinajstić information content (AvgIpc) is 3.55. The molecule has 0 aliphatic heterocycles. The highest BCUT2D eigenvalue weighted by Gasteiger charge is 2.15. The first-order valence-corrected chi connectivity index (χ1v) is 15.3. The van der Waals surface area contributed by atoms with Gasteiger partial charge in [0, 0.05) is 37.4 Å². The Hall–Kier alpha value is -4.73. The molecule has 1 N–H and O–H groups in total. The van der Waals surface area contributed by atoms with Crippen LogP contribution in [0.15, 0.2) is 103 Å². The van der Waals surface area contributed by atoms with Gasteiger partial charge in [0.1, 0.15) is 23.1 Å². The first-order valence-electron chi connectivity index (χ1n) is 14.4.